The number of methoxy groups -OCH3 is 1. The van der Waals surface area contributed by atoms with Gasteiger partial charge in [-0.1, -0.05) is 23.7 Å². The van der Waals surface area contributed by atoms with Crippen molar-refractivity contribution in [3.05, 3.63) is 52.8 Å². The maximum Gasteiger partial charge on any atom is 0.316 e. The van der Waals surface area contributed by atoms with Crippen molar-refractivity contribution in [3.8, 4) is 6.01 Å². The predicted molar refractivity (Wildman–Crippen MR) is 71.2 cm³/mol. The largest absolute Gasteiger partial charge is 0.467 e. The molecule has 19 heavy (non-hydrogen) atoms. The maximum absolute atomic E-state index is 11.8. The first-order valence-corrected chi connectivity index (χ1v) is 5.95. The van der Waals surface area contributed by atoms with Gasteiger partial charge in [-0.3, -0.25) is 4.79 Å². The molecule has 0 unspecified atom stereocenters. The molecule has 1 amide bonds. The number of aromatic nitrogens is 2. The number of nitrogens with zero attached hydrogens (tertiary/aromatic N) is 2. The van der Waals surface area contributed by atoms with Crippen molar-refractivity contribution >= 4 is 17.5 Å². The Labute approximate surface area is 115 Å². The van der Waals surface area contributed by atoms with Gasteiger partial charge in [-0.25, -0.2) is 9.97 Å². The molecule has 0 radical (unpaired) electrons. The van der Waals surface area contributed by atoms with Gasteiger partial charge in [0.2, 0.25) is 0 Å². The molecule has 1 N–H and O–H groups in total. The van der Waals surface area contributed by atoms with Crippen LogP contribution in [0, 0.1) is 0 Å². The predicted octanol–water partition coefficient (Wildman–Crippen LogP) is 2.07. The van der Waals surface area contributed by atoms with Gasteiger partial charge in [-0.05, 0) is 17.7 Å². The normalized spacial score (nSPS) is 10.0. The fourth-order valence-electron chi connectivity index (χ4n) is 1.43. The summed E-state index contributed by atoms with van der Waals surface area (Å²) in [5.41, 5.74) is 1.35. The summed E-state index contributed by atoms with van der Waals surface area (Å²) in [6, 6.07) is 7.49. The Kier molecular flexibility index (Phi) is 4.30. The second-order valence-electron chi connectivity index (χ2n) is 3.77. The zero-order valence-corrected chi connectivity index (χ0v) is 11.0. The molecule has 0 bridgehead atoms. The number of hydrogen-bond acceptors (Lipinski definition) is 4. The molecule has 0 spiro atoms. The van der Waals surface area contributed by atoms with Crippen LogP contribution in [0.4, 0.5) is 0 Å². The van der Waals surface area contributed by atoms with Crippen molar-refractivity contribution in [2.75, 3.05) is 7.11 Å². The fourth-order valence-corrected chi connectivity index (χ4v) is 1.55. The second kappa shape index (κ2) is 6.15. The standard InChI is InChI=1S/C13H12ClN3O2/c1-19-13-16-7-10(8-17-13)12(18)15-6-9-2-4-11(14)5-3-9/h2-5,7-8H,6H2,1H3,(H,15,18). The number of benzene rings is 1. The van der Waals surface area contributed by atoms with Gasteiger partial charge in [0.15, 0.2) is 0 Å². The van der Waals surface area contributed by atoms with Crippen LogP contribution in [-0.2, 0) is 6.54 Å². The van der Waals surface area contributed by atoms with E-state index in [2.05, 4.69) is 15.3 Å². The Hall–Kier alpha value is -2.14. The van der Waals surface area contributed by atoms with E-state index >= 15 is 0 Å². The zero-order valence-electron chi connectivity index (χ0n) is 10.3. The molecule has 2 aromatic rings. The van der Waals surface area contributed by atoms with Crippen molar-refractivity contribution in [1.29, 1.82) is 0 Å². The van der Waals surface area contributed by atoms with Crippen LogP contribution >= 0.6 is 11.6 Å². The molecule has 0 aliphatic carbocycles. The summed E-state index contributed by atoms with van der Waals surface area (Å²) >= 11 is 5.78. The van der Waals surface area contributed by atoms with Crippen LogP contribution < -0.4 is 10.1 Å². The number of amides is 1. The van der Waals surface area contributed by atoms with Gasteiger partial charge in [0.1, 0.15) is 0 Å². The van der Waals surface area contributed by atoms with Gasteiger partial charge in [0.25, 0.3) is 5.91 Å². The van der Waals surface area contributed by atoms with E-state index in [-0.39, 0.29) is 11.9 Å². The first-order valence-electron chi connectivity index (χ1n) is 5.57. The monoisotopic (exact) mass is 277 g/mol. The van der Waals surface area contributed by atoms with Crippen molar-refractivity contribution < 1.29 is 9.53 Å². The highest BCUT2D eigenvalue weighted by atomic mass is 35.5. The summed E-state index contributed by atoms with van der Waals surface area (Å²) in [4.78, 5) is 19.6. The fraction of sp³-hybridized carbons (Fsp3) is 0.154. The summed E-state index contributed by atoms with van der Waals surface area (Å²) in [5, 5.41) is 3.43. The van der Waals surface area contributed by atoms with E-state index < -0.39 is 0 Å². The molecule has 1 aromatic heterocycles. The number of carbonyl (C=O) groups excluding carboxylic acids is 1. The van der Waals surface area contributed by atoms with E-state index in [4.69, 9.17) is 16.3 Å². The summed E-state index contributed by atoms with van der Waals surface area (Å²) in [7, 11) is 1.47. The molecule has 0 fully saturated rings. The average Bonchev–Trinajstić information content (AvgIpc) is 2.46. The SMILES string of the molecule is COc1ncc(C(=O)NCc2ccc(Cl)cc2)cn1. The molecule has 6 heteroatoms. The van der Waals surface area contributed by atoms with Gasteiger partial charge >= 0.3 is 6.01 Å². The lowest BCUT2D eigenvalue weighted by molar-refractivity contribution is 0.0950. The minimum Gasteiger partial charge on any atom is -0.467 e. The third-order valence-corrected chi connectivity index (χ3v) is 2.69. The number of halogens is 1. The van der Waals surface area contributed by atoms with E-state index in [0.717, 1.165) is 5.56 Å². The van der Waals surface area contributed by atoms with E-state index in [1.165, 1.54) is 19.5 Å². The molecule has 0 atom stereocenters. The van der Waals surface area contributed by atoms with Gasteiger partial charge in [0.05, 0.1) is 12.7 Å². The summed E-state index contributed by atoms with van der Waals surface area (Å²) in [5.74, 6) is -0.238. The highest BCUT2D eigenvalue weighted by molar-refractivity contribution is 6.30. The summed E-state index contributed by atoms with van der Waals surface area (Å²) in [6.45, 7) is 0.419. The number of hydrogen-bond donors (Lipinski definition) is 1. The molecule has 98 valence electrons. The molecule has 1 aromatic carbocycles. The lowest BCUT2D eigenvalue weighted by atomic mass is 10.2. The first kappa shape index (κ1) is 13.3. The molecule has 2 rings (SSSR count). The highest BCUT2D eigenvalue weighted by Gasteiger charge is 2.06. The van der Waals surface area contributed by atoms with Crippen LogP contribution in [-0.4, -0.2) is 23.0 Å². The van der Waals surface area contributed by atoms with Crippen molar-refractivity contribution in [2.45, 2.75) is 6.54 Å². The summed E-state index contributed by atoms with van der Waals surface area (Å²) in [6.07, 6.45) is 2.84. The minimum atomic E-state index is -0.238. The van der Waals surface area contributed by atoms with Crippen LogP contribution in [0.25, 0.3) is 0 Å². The van der Waals surface area contributed by atoms with E-state index in [0.29, 0.717) is 17.1 Å². The molecular weight excluding hydrogens is 266 g/mol. The molecular formula is C13H12ClN3O2. The van der Waals surface area contributed by atoms with Crippen LogP contribution in [0.1, 0.15) is 15.9 Å². The van der Waals surface area contributed by atoms with E-state index in [9.17, 15) is 4.79 Å². The smallest absolute Gasteiger partial charge is 0.316 e. The zero-order chi connectivity index (χ0) is 13.7. The van der Waals surface area contributed by atoms with Gasteiger partial charge < -0.3 is 10.1 Å². The Morgan fingerprint density at radius 3 is 2.47 bits per heavy atom. The van der Waals surface area contributed by atoms with Crippen molar-refractivity contribution in [3.63, 3.8) is 0 Å². The van der Waals surface area contributed by atoms with Gasteiger partial charge in [0, 0.05) is 24.0 Å². The van der Waals surface area contributed by atoms with Crippen LogP contribution in [0.5, 0.6) is 6.01 Å². The highest BCUT2D eigenvalue weighted by Crippen LogP contribution is 2.09. The van der Waals surface area contributed by atoms with Crippen LogP contribution in [0.3, 0.4) is 0 Å². The van der Waals surface area contributed by atoms with E-state index in [1.807, 2.05) is 12.1 Å². The van der Waals surface area contributed by atoms with Crippen molar-refractivity contribution in [2.24, 2.45) is 0 Å². The van der Waals surface area contributed by atoms with Gasteiger partial charge in [-0.2, -0.15) is 0 Å². The van der Waals surface area contributed by atoms with E-state index in [1.54, 1.807) is 12.1 Å². The molecule has 0 aliphatic heterocycles. The number of ether oxygens (including phenoxy) is 1. The van der Waals surface area contributed by atoms with Gasteiger partial charge in [-0.15, -0.1) is 0 Å². The topological polar surface area (TPSA) is 64.1 Å². The molecule has 0 aliphatic rings. The van der Waals surface area contributed by atoms with Crippen LogP contribution in [0.15, 0.2) is 36.7 Å². The lowest BCUT2D eigenvalue weighted by Crippen LogP contribution is -2.23. The average molecular weight is 278 g/mol. The molecule has 0 saturated heterocycles. The Balaban J connectivity index is 1.95. The molecule has 5 nitrogen and oxygen atoms in total. The number of rotatable bonds is 4. The number of nitrogens with one attached hydrogen (secondary N) is 1. The Morgan fingerprint density at radius 1 is 1.26 bits per heavy atom. The van der Waals surface area contributed by atoms with Crippen molar-refractivity contribution in [1.82, 2.24) is 15.3 Å². The third-order valence-electron chi connectivity index (χ3n) is 2.44. The first-order chi connectivity index (χ1) is 9.19. The molecule has 1 heterocycles. The third kappa shape index (κ3) is 3.66. The summed E-state index contributed by atoms with van der Waals surface area (Å²) < 4.78 is 4.82. The second-order valence-corrected chi connectivity index (χ2v) is 4.20. The Bertz CT molecular complexity index is 555. The minimum absolute atomic E-state index is 0.231. The quantitative estimate of drug-likeness (QED) is 0.929. The lowest BCUT2D eigenvalue weighted by Gasteiger charge is -2.05. The Morgan fingerprint density at radius 2 is 1.89 bits per heavy atom. The molecule has 0 saturated carbocycles. The van der Waals surface area contributed by atoms with Crippen LogP contribution in [0.2, 0.25) is 5.02 Å². The number of carbonyl (C=O) groups is 1. The maximum atomic E-state index is 11.8.